The van der Waals surface area contributed by atoms with Crippen LogP contribution in [0.1, 0.15) is 83.1 Å². The van der Waals surface area contributed by atoms with E-state index in [0.29, 0.717) is 48.8 Å². The molecule has 244 valence electrons. The first-order valence-electron chi connectivity index (χ1n) is 16.7. The molecule has 3 amide bonds. The van der Waals surface area contributed by atoms with Gasteiger partial charge in [0.05, 0.1) is 6.04 Å². The van der Waals surface area contributed by atoms with Crippen LogP contribution in [0.2, 0.25) is 0 Å². The SMILES string of the molecule is Cc1nc2n(n1)CC(=O)NCCCN(CC1=CC[C@H]3C[C@@H]1C3(C)C)CCCC(=O)N[C@H](Cc1ccccc1)C(=O)N[C@H]2C(C)C. The lowest BCUT2D eigenvalue weighted by atomic mass is 9.49. The molecular formula is C35H51N7O3. The first-order chi connectivity index (χ1) is 21.5. The molecule has 1 saturated carbocycles. The standard InChI is InChI=1S/C35H51N7O3/c1-23(2)32-33-37-24(3)40-42(33)22-31(44)36-16-10-18-41(21-26-14-15-27-20-28(26)35(27,4)5)17-9-13-30(43)38-29(34(45)39-32)19-25-11-7-6-8-12-25/h6-8,11-12,14,23,27-29,32H,9-10,13,15-22H2,1-5H3,(H,36,44)(H,38,43)(H,39,45)/t27-,28-,29+,32-/m0/s1. The summed E-state index contributed by atoms with van der Waals surface area (Å²) in [6.45, 7) is 13.6. The molecule has 0 saturated heterocycles. The Balaban J connectivity index is 1.36. The zero-order chi connectivity index (χ0) is 32.1. The second kappa shape index (κ2) is 14.3. The van der Waals surface area contributed by atoms with Crippen LogP contribution in [0.5, 0.6) is 0 Å². The number of hydrogen-bond acceptors (Lipinski definition) is 6. The van der Waals surface area contributed by atoms with Crippen LogP contribution in [0.25, 0.3) is 0 Å². The largest absolute Gasteiger partial charge is 0.354 e. The van der Waals surface area contributed by atoms with Gasteiger partial charge >= 0.3 is 0 Å². The van der Waals surface area contributed by atoms with Gasteiger partial charge in [0.25, 0.3) is 0 Å². The van der Waals surface area contributed by atoms with E-state index in [1.165, 1.54) is 12.0 Å². The Morgan fingerprint density at radius 3 is 2.49 bits per heavy atom. The predicted molar refractivity (Wildman–Crippen MR) is 174 cm³/mol. The average Bonchev–Trinajstić information content (AvgIpc) is 3.36. The number of benzene rings is 1. The van der Waals surface area contributed by atoms with Crippen molar-refractivity contribution in [3.8, 4) is 0 Å². The molecule has 0 radical (unpaired) electrons. The van der Waals surface area contributed by atoms with Crippen molar-refractivity contribution in [1.82, 2.24) is 35.6 Å². The number of rotatable bonds is 5. The maximum Gasteiger partial charge on any atom is 0.243 e. The number of amides is 3. The van der Waals surface area contributed by atoms with Crippen molar-refractivity contribution in [2.45, 2.75) is 91.8 Å². The molecule has 10 nitrogen and oxygen atoms in total. The molecule has 1 aromatic carbocycles. The Labute approximate surface area is 267 Å². The van der Waals surface area contributed by atoms with Gasteiger partial charge in [0, 0.05) is 32.5 Å². The third-order valence-corrected chi connectivity index (χ3v) is 10.1. The van der Waals surface area contributed by atoms with E-state index < -0.39 is 12.1 Å². The molecule has 1 aromatic heterocycles. The van der Waals surface area contributed by atoms with Crippen molar-refractivity contribution < 1.29 is 14.4 Å². The smallest absolute Gasteiger partial charge is 0.243 e. The highest BCUT2D eigenvalue weighted by Crippen LogP contribution is 2.59. The second-order valence-corrected chi connectivity index (χ2v) is 14.1. The number of carbonyl (C=O) groups is 3. The van der Waals surface area contributed by atoms with Crippen molar-refractivity contribution in [2.75, 3.05) is 26.2 Å². The highest BCUT2D eigenvalue weighted by atomic mass is 16.2. The number of nitrogens with one attached hydrogen (secondary N) is 3. The van der Waals surface area contributed by atoms with Crippen LogP contribution in [0, 0.1) is 30.1 Å². The molecule has 3 aliphatic carbocycles. The molecule has 2 aromatic rings. The van der Waals surface area contributed by atoms with Crippen LogP contribution in [-0.4, -0.2) is 69.6 Å². The van der Waals surface area contributed by atoms with Gasteiger partial charge in [0.2, 0.25) is 17.7 Å². The summed E-state index contributed by atoms with van der Waals surface area (Å²) in [5, 5.41) is 13.8. The number of aryl methyl sites for hydroxylation is 1. The lowest BCUT2D eigenvalue weighted by molar-refractivity contribution is -0.129. The highest BCUT2D eigenvalue weighted by molar-refractivity contribution is 5.88. The van der Waals surface area contributed by atoms with Gasteiger partial charge in [-0.3, -0.25) is 19.3 Å². The lowest BCUT2D eigenvalue weighted by Crippen LogP contribution is -2.50. The van der Waals surface area contributed by atoms with E-state index in [9.17, 15) is 14.4 Å². The maximum absolute atomic E-state index is 13.8. The van der Waals surface area contributed by atoms with E-state index in [-0.39, 0.29) is 30.2 Å². The Bertz CT molecular complexity index is 1380. The molecule has 3 N–H and O–H groups in total. The fourth-order valence-electron chi connectivity index (χ4n) is 7.30. The number of allylic oxidation sites excluding steroid dienone is 1. The van der Waals surface area contributed by atoms with E-state index >= 15 is 0 Å². The Morgan fingerprint density at radius 2 is 1.78 bits per heavy atom. The quantitative estimate of drug-likeness (QED) is 0.440. The van der Waals surface area contributed by atoms with Crippen molar-refractivity contribution in [2.24, 2.45) is 23.2 Å². The molecule has 4 atom stereocenters. The van der Waals surface area contributed by atoms with Crippen molar-refractivity contribution in [3.63, 3.8) is 0 Å². The lowest BCUT2D eigenvalue weighted by Gasteiger charge is -2.57. The highest BCUT2D eigenvalue weighted by Gasteiger charge is 2.51. The molecule has 4 aliphatic rings. The topological polar surface area (TPSA) is 121 Å². The number of hydrogen-bond donors (Lipinski definition) is 3. The second-order valence-electron chi connectivity index (χ2n) is 14.1. The zero-order valence-electron chi connectivity index (χ0n) is 27.6. The van der Waals surface area contributed by atoms with Gasteiger partial charge in [-0.2, -0.15) is 5.10 Å². The van der Waals surface area contributed by atoms with Crippen LogP contribution in [0.4, 0.5) is 0 Å². The summed E-state index contributed by atoms with van der Waals surface area (Å²) < 4.78 is 1.60. The normalized spacial score (nSPS) is 26.8. The van der Waals surface area contributed by atoms with Crippen molar-refractivity contribution in [3.05, 3.63) is 59.2 Å². The van der Waals surface area contributed by atoms with Crippen LogP contribution >= 0.6 is 0 Å². The van der Waals surface area contributed by atoms with Gasteiger partial charge in [0.1, 0.15) is 18.4 Å². The molecule has 10 heteroatoms. The molecule has 1 aliphatic heterocycles. The minimum atomic E-state index is -0.752. The van der Waals surface area contributed by atoms with Gasteiger partial charge in [-0.25, -0.2) is 9.67 Å². The maximum atomic E-state index is 13.8. The number of aromatic nitrogens is 3. The monoisotopic (exact) mass is 617 g/mol. The predicted octanol–water partition coefficient (Wildman–Crippen LogP) is 3.72. The van der Waals surface area contributed by atoms with Crippen LogP contribution < -0.4 is 16.0 Å². The van der Waals surface area contributed by atoms with Crippen LogP contribution in [-0.2, 0) is 27.3 Å². The third kappa shape index (κ3) is 8.01. The summed E-state index contributed by atoms with van der Waals surface area (Å²) in [6.07, 6.45) is 7.08. The number of fused-ring (bicyclic) bond motifs is 2. The van der Waals surface area contributed by atoms with Gasteiger partial charge in [-0.15, -0.1) is 0 Å². The molecule has 45 heavy (non-hydrogen) atoms. The Hall–Kier alpha value is -3.53. The fourth-order valence-corrected chi connectivity index (χ4v) is 7.30. The molecule has 6 rings (SSSR count). The molecule has 2 heterocycles. The number of nitrogens with zero attached hydrogens (tertiary/aromatic N) is 4. The Kier molecular flexibility index (Phi) is 10.4. The average molecular weight is 618 g/mol. The van der Waals surface area contributed by atoms with Gasteiger partial charge in [-0.1, -0.05) is 69.7 Å². The van der Waals surface area contributed by atoms with E-state index in [2.05, 4.69) is 50.9 Å². The summed E-state index contributed by atoms with van der Waals surface area (Å²) in [4.78, 5) is 47.3. The molecule has 2 bridgehead atoms. The first-order valence-corrected chi connectivity index (χ1v) is 16.7. The van der Waals surface area contributed by atoms with Crippen LogP contribution in [0.3, 0.4) is 0 Å². The number of carbonyl (C=O) groups excluding carboxylic acids is 3. The minimum absolute atomic E-state index is 0.0218. The molecular weight excluding hydrogens is 566 g/mol. The Morgan fingerprint density at radius 1 is 1.02 bits per heavy atom. The van der Waals surface area contributed by atoms with E-state index in [1.54, 1.807) is 11.6 Å². The molecule has 1 fully saturated rings. The van der Waals surface area contributed by atoms with Gasteiger partial charge in [-0.05, 0) is 67.9 Å². The summed E-state index contributed by atoms with van der Waals surface area (Å²) in [5.74, 6) is 1.91. The van der Waals surface area contributed by atoms with Gasteiger partial charge < -0.3 is 16.0 Å². The summed E-state index contributed by atoms with van der Waals surface area (Å²) >= 11 is 0. The fraction of sp³-hybridized carbons (Fsp3) is 0.629. The van der Waals surface area contributed by atoms with Crippen LogP contribution in [0.15, 0.2) is 42.0 Å². The summed E-state index contributed by atoms with van der Waals surface area (Å²) in [7, 11) is 0. The molecule has 0 unspecified atom stereocenters. The zero-order valence-corrected chi connectivity index (χ0v) is 27.6. The van der Waals surface area contributed by atoms with Crippen molar-refractivity contribution >= 4 is 17.7 Å². The summed E-state index contributed by atoms with van der Waals surface area (Å²) in [5.41, 5.74) is 2.84. The minimum Gasteiger partial charge on any atom is -0.354 e. The van der Waals surface area contributed by atoms with Crippen molar-refractivity contribution in [1.29, 1.82) is 0 Å². The molecule has 0 spiro atoms. The van der Waals surface area contributed by atoms with Gasteiger partial charge in [0.15, 0.2) is 5.82 Å². The van der Waals surface area contributed by atoms with E-state index in [4.69, 9.17) is 0 Å². The third-order valence-electron chi connectivity index (χ3n) is 10.1. The summed E-state index contributed by atoms with van der Waals surface area (Å²) in [6, 6.07) is 8.50. The van der Waals surface area contributed by atoms with E-state index in [1.807, 2.05) is 44.2 Å². The first kappa shape index (κ1) is 32.9. The van der Waals surface area contributed by atoms with E-state index in [0.717, 1.165) is 44.0 Å².